The third kappa shape index (κ3) is 4.43. The number of benzene rings is 1. The van der Waals surface area contributed by atoms with Gasteiger partial charge in [0.1, 0.15) is 0 Å². The van der Waals surface area contributed by atoms with Crippen LogP contribution in [0.25, 0.3) is 0 Å². The molecule has 0 fully saturated rings. The maximum absolute atomic E-state index is 5.66. The third-order valence-electron chi connectivity index (χ3n) is 3.15. The highest BCUT2D eigenvalue weighted by Gasteiger charge is 2.09. The molecule has 0 unspecified atom stereocenters. The third-order valence-corrected chi connectivity index (χ3v) is 3.15. The normalized spacial score (nSPS) is 11.5. The van der Waals surface area contributed by atoms with Crippen molar-refractivity contribution in [3.8, 4) is 0 Å². The summed E-state index contributed by atoms with van der Waals surface area (Å²) in [6.45, 7) is 10.9. The number of ether oxygens (including phenoxy) is 2. The van der Waals surface area contributed by atoms with Gasteiger partial charge in [0.05, 0.1) is 19.8 Å². The van der Waals surface area contributed by atoms with E-state index in [2.05, 4.69) is 45.9 Å². The predicted octanol–water partition coefficient (Wildman–Crippen LogP) is 4.10. The van der Waals surface area contributed by atoms with E-state index in [1.54, 1.807) is 7.11 Å². The first-order valence-corrected chi connectivity index (χ1v) is 6.75. The van der Waals surface area contributed by atoms with Gasteiger partial charge in [-0.1, -0.05) is 45.9 Å². The fraction of sp³-hybridized carbons (Fsp3) is 0.625. The second-order valence-corrected chi connectivity index (χ2v) is 5.31. The molecule has 0 saturated carbocycles. The lowest BCUT2D eigenvalue weighted by atomic mass is 9.92. The van der Waals surface area contributed by atoms with Crippen LogP contribution in [0, 0.1) is 0 Å². The van der Waals surface area contributed by atoms with Crippen molar-refractivity contribution >= 4 is 0 Å². The van der Waals surface area contributed by atoms with Gasteiger partial charge in [-0.2, -0.15) is 0 Å². The van der Waals surface area contributed by atoms with Gasteiger partial charge >= 0.3 is 0 Å². The summed E-state index contributed by atoms with van der Waals surface area (Å²) in [7, 11) is 1.70. The monoisotopic (exact) mass is 250 g/mol. The Kier molecular flexibility index (Phi) is 6.37. The molecule has 0 radical (unpaired) electrons. The molecule has 18 heavy (non-hydrogen) atoms. The van der Waals surface area contributed by atoms with Crippen LogP contribution in [0.4, 0.5) is 0 Å². The van der Waals surface area contributed by atoms with Crippen LogP contribution in [0.3, 0.4) is 0 Å². The van der Waals surface area contributed by atoms with Gasteiger partial charge in [-0.25, -0.2) is 0 Å². The molecule has 0 aliphatic heterocycles. The van der Waals surface area contributed by atoms with Crippen LogP contribution in [-0.2, 0) is 16.1 Å². The Balaban J connectivity index is 2.79. The van der Waals surface area contributed by atoms with Crippen LogP contribution < -0.4 is 0 Å². The molecule has 0 amide bonds. The summed E-state index contributed by atoms with van der Waals surface area (Å²) in [5.74, 6) is 1.09. The molecule has 0 saturated heterocycles. The Labute approximate surface area is 111 Å². The van der Waals surface area contributed by atoms with Gasteiger partial charge in [-0.3, -0.25) is 0 Å². The van der Waals surface area contributed by atoms with Crippen molar-refractivity contribution < 1.29 is 9.47 Å². The highest BCUT2D eigenvalue weighted by atomic mass is 16.5. The number of rotatable bonds is 7. The molecule has 2 heteroatoms. The minimum atomic E-state index is 0.534. The molecule has 0 N–H and O–H groups in total. The molecule has 2 nitrogen and oxygen atoms in total. The fourth-order valence-electron chi connectivity index (χ4n) is 2.00. The quantitative estimate of drug-likeness (QED) is 0.678. The zero-order valence-electron chi connectivity index (χ0n) is 12.3. The Hall–Kier alpha value is -0.860. The highest BCUT2D eigenvalue weighted by molar-refractivity contribution is 5.35. The Bertz CT molecular complexity index is 356. The molecule has 1 aromatic rings. The van der Waals surface area contributed by atoms with Gasteiger partial charge in [-0.15, -0.1) is 0 Å². The molecule has 0 heterocycles. The van der Waals surface area contributed by atoms with E-state index in [9.17, 15) is 0 Å². The molecule has 0 aromatic heterocycles. The molecule has 0 bridgehead atoms. The van der Waals surface area contributed by atoms with Crippen LogP contribution in [0.2, 0.25) is 0 Å². The van der Waals surface area contributed by atoms with E-state index in [0.717, 1.165) is 0 Å². The fourth-order valence-corrected chi connectivity index (χ4v) is 2.00. The lowest BCUT2D eigenvalue weighted by molar-refractivity contribution is 0.0612. The number of hydrogen-bond acceptors (Lipinski definition) is 2. The van der Waals surface area contributed by atoms with Gasteiger partial charge in [0.15, 0.2) is 0 Å². The lowest BCUT2D eigenvalue weighted by Gasteiger charge is -2.16. The van der Waals surface area contributed by atoms with E-state index >= 15 is 0 Å². The largest absolute Gasteiger partial charge is 0.382 e. The summed E-state index contributed by atoms with van der Waals surface area (Å²) < 4.78 is 10.7. The first kappa shape index (κ1) is 15.2. The average Bonchev–Trinajstić information content (AvgIpc) is 2.34. The van der Waals surface area contributed by atoms with Crippen LogP contribution in [0.15, 0.2) is 18.2 Å². The highest BCUT2D eigenvalue weighted by Crippen LogP contribution is 2.25. The van der Waals surface area contributed by atoms with E-state index < -0.39 is 0 Å². The van der Waals surface area contributed by atoms with Crippen molar-refractivity contribution in [2.75, 3.05) is 20.3 Å². The van der Waals surface area contributed by atoms with Gasteiger partial charge in [0.25, 0.3) is 0 Å². The molecule has 0 aliphatic carbocycles. The molecule has 0 aliphatic rings. The molecule has 1 aromatic carbocycles. The summed E-state index contributed by atoms with van der Waals surface area (Å²) in [5, 5.41) is 0. The molecular formula is C16H26O2. The predicted molar refractivity (Wildman–Crippen MR) is 76.2 cm³/mol. The first-order valence-electron chi connectivity index (χ1n) is 6.75. The maximum Gasteiger partial charge on any atom is 0.0720 e. The summed E-state index contributed by atoms with van der Waals surface area (Å²) in [6.07, 6.45) is 0. The maximum atomic E-state index is 5.66. The van der Waals surface area contributed by atoms with Gasteiger partial charge in [-0.05, 0) is 28.5 Å². The van der Waals surface area contributed by atoms with Gasteiger partial charge < -0.3 is 9.47 Å². The van der Waals surface area contributed by atoms with Gasteiger partial charge in [0.2, 0.25) is 0 Å². The van der Waals surface area contributed by atoms with Crippen molar-refractivity contribution in [3.05, 3.63) is 34.9 Å². The summed E-state index contributed by atoms with van der Waals surface area (Å²) >= 11 is 0. The van der Waals surface area contributed by atoms with E-state index in [1.807, 2.05) is 0 Å². The molecule has 102 valence electrons. The van der Waals surface area contributed by atoms with Crippen LogP contribution in [0.5, 0.6) is 0 Å². The van der Waals surface area contributed by atoms with E-state index in [0.29, 0.717) is 31.7 Å². The Morgan fingerprint density at radius 2 is 1.72 bits per heavy atom. The van der Waals surface area contributed by atoms with E-state index in [4.69, 9.17) is 9.47 Å². The zero-order valence-corrected chi connectivity index (χ0v) is 12.3. The minimum absolute atomic E-state index is 0.534. The summed E-state index contributed by atoms with van der Waals surface area (Å²) in [4.78, 5) is 0. The summed E-state index contributed by atoms with van der Waals surface area (Å²) in [5.41, 5.74) is 4.08. The Morgan fingerprint density at radius 1 is 1.00 bits per heavy atom. The molecule has 0 spiro atoms. The average molecular weight is 250 g/mol. The van der Waals surface area contributed by atoms with Crippen LogP contribution >= 0.6 is 0 Å². The lowest BCUT2D eigenvalue weighted by Crippen LogP contribution is -2.05. The van der Waals surface area contributed by atoms with Crippen LogP contribution in [0.1, 0.15) is 56.2 Å². The standard InChI is InChI=1S/C16H26O2/c1-12(2)14-6-7-16(13(3)4)15(10-14)11-18-9-8-17-5/h6-7,10,12-13H,8-9,11H2,1-5H3. The summed E-state index contributed by atoms with van der Waals surface area (Å²) in [6, 6.07) is 6.76. The zero-order chi connectivity index (χ0) is 13.5. The molecule has 0 atom stereocenters. The number of methoxy groups -OCH3 is 1. The SMILES string of the molecule is COCCOCc1cc(C(C)C)ccc1C(C)C. The molecular weight excluding hydrogens is 224 g/mol. The van der Waals surface area contributed by atoms with Crippen molar-refractivity contribution in [1.82, 2.24) is 0 Å². The molecule has 1 rings (SSSR count). The second-order valence-electron chi connectivity index (χ2n) is 5.31. The second kappa shape index (κ2) is 7.55. The minimum Gasteiger partial charge on any atom is -0.382 e. The van der Waals surface area contributed by atoms with Gasteiger partial charge in [0, 0.05) is 7.11 Å². The van der Waals surface area contributed by atoms with Crippen LogP contribution in [-0.4, -0.2) is 20.3 Å². The Morgan fingerprint density at radius 3 is 2.28 bits per heavy atom. The van der Waals surface area contributed by atoms with Crippen molar-refractivity contribution in [3.63, 3.8) is 0 Å². The van der Waals surface area contributed by atoms with Crippen molar-refractivity contribution in [2.45, 2.75) is 46.1 Å². The smallest absolute Gasteiger partial charge is 0.0720 e. The van der Waals surface area contributed by atoms with E-state index in [1.165, 1.54) is 16.7 Å². The number of hydrogen-bond donors (Lipinski definition) is 0. The van der Waals surface area contributed by atoms with Crippen molar-refractivity contribution in [1.29, 1.82) is 0 Å². The first-order chi connectivity index (χ1) is 8.56. The topological polar surface area (TPSA) is 18.5 Å². The van der Waals surface area contributed by atoms with E-state index in [-0.39, 0.29) is 0 Å². The van der Waals surface area contributed by atoms with Crippen molar-refractivity contribution in [2.24, 2.45) is 0 Å².